The lowest BCUT2D eigenvalue weighted by Crippen LogP contribution is -2.21. The summed E-state index contributed by atoms with van der Waals surface area (Å²) in [6.07, 6.45) is 1.55. The van der Waals surface area contributed by atoms with E-state index in [1.165, 1.54) is 0 Å². The molecule has 1 atom stereocenters. The van der Waals surface area contributed by atoms with Gasteiger partial charge in [0.25, 0.3) is 0 Å². The third-order valence-corrected chi connectivity index (χ3v) is 3.79. The second-order valence-electron chi connectivity index (χ2n) is 4.98. The molecule has 0 saturated heterocycles. The lowest BCUT2D eigenvalue weighted by molar-refractivity contribution is -0.117. The van der Waals surface area contributed by atoms with E-state index in [1.807, 2.05) is 6.92 Å². The van der Waals surface area contributed by atoms with Crippen LogP contribution in [0.1, 0.15) is 25.3 Å². The third kappa shape index (κ3) is 3.29. The van der Waals surface area contributed by atoms with Crippen molar-refractivity contribution in [3.63, 3.8) is 0 Å². The molecule has 1 aromatic carbocycles. The first-order valence-corrected chi connectivity index (χ1v) is 7.03. The number of hydrogen-bond donors (Lipinski definition) is 3. The standard InChI is InChI=1S/C14H18ClN3O2/c1-2-8(7-16)3-13(19)18-12-4-9-5-14(20)17-11(9)6-10(12)15/h4,6,8H,2-3,5,7,16H2,1H3,(H,17,20)(H,18,19). The Morgan fingerprint density at radius 1 is 1.55 bits per heavy atom. The van der Waals surface area contributed by atoms with Crippen LogP contribution >= 0.6 is 11.6 Å². The van der Waals surface area contributed by atoms with Crippen LogP contribution in [0, 0.1) is 5.92 Å². The van der Waals surface area contributed by atoms with Gasteiger partial charge in [-0.2, -0.15) is 0 Å². The minimum atomic E-state index is -0.110. The zero-order chi connectivity index (χ0) is 14.7. The number of fused-ring (bicyclic) bond motifs is 1. The molecule has 5 nitrogen and oxygen atoms in total. The topological polar surface area (TPSA) is 84.2 Å². The van der Waals surface area contributed by atoms with Crippen molar-refractivity contribution in [2.45, 2.75) is 26.2 Å². The molecule has 0 radical (unpaired) electrons. The zero-order valence-electron chi connectivity index (χ0n) is 11.3. The van der Waals surface area contributed by atoms with Crippen LogP contribution in [-0.2, 0) is 16.0 Å². The van der Waals surface area contributed by atoms with E-state index >= 15 is 0 Å². The molecule has 2 amide bonds. The first-order valence-electron chi connectivity index (χ1n) is 6.65. The van der Waals surface area contributed by atoms with Crippen molar-refractivity contribution in [2.24, 2.45) is 11.7 Å². The largest absolute Gasteiger partial charge is 0.330 e. The highest BCUT2D eigenvalue weighted by Gasteiger charge is 2.20. The number of nitrogens with one attached hydrogen (secondary N) is 2. The number of benzene rings is 1. The van der Waals surface area contributed by atoms with E-state index in [-0.39, 0.29) is 17.7 Å². The van der Waals surface area contributed by atoms with Gasteiger partial charge in [0.15, 0.2) is 0 Å². The summed E-state index contributed by atoms with van der Waals surface area (Å²) in [7, 11) is 0. The third-order valence-electron chi connectivity index (χ3n) is 3.48. The highest BCUT2D eigenvalue weighted by Crippen LogP contribution is 2.33. The average molecular weight is 296 g/mol. The maximum Gasteiger partial charge on any atom is 0.228 e. The summed E-state index contributed by atoms with van der Waals surface area (Å²) >= 11 is 6.11. The molecule has 108 valence electrons. The number of hydrogen-bond acceptors (Lipinski definition) is 3. The predicted octanol–water partition coefficient (Wildman–Crippen LogP) is 2.15. The van der Waals surface area contributed by atoms with Crippen LogP contribution in [0.5, 0.6) is 0 Å². The van der Waals surface area contributed by atoms with E-state index in [9.17, 15) is 9.59 Å². The molecule has 4 N–H and O–H groups in total. The fourth-order valence-electron chi connectivity index (χ4n) is 2.20. The van der Waals surface area contributed by atoms with Crippen LogP contribution in [0.2, 0.25) is 5.02 Å². The molecule has 0 fully saturated rings. The van der Waals surface area contributed by atoms with Crippen molar-refractivity contribution < 1.29 is 9.59 Å². The molecule has 0 aliphatic carbocycles. The molecule has 1 aliphatic heterocycles. The molecule has 6 heteroatoms. The molecule has 1 heterocycles. The predicted molar refractivity (Wildman–Crippen MR) is 79.9 cm³/mol. The summed E-state index contributed by atoms with van der Waals surface area (Å²) in [6, 6.07) is 3.41. The second kappa shape index (κ2) is 6.24. The van der Waals surface area contributed by atoms with Crippen LogP contribution in [-0.4, -0.2) is 18.4 Å². The van der Waals surface area contributed by atoms with Crippen molar-refractivity contribution in [2.75, 3.05) is 17.2 Å². The van der Waals surface area contributed by atoms with Crippen molar-refractivity contribution in [1.29, 1.82) is 0 Å². The van der Waals surface area contributed by atoms with E-state index in [4.69, 9.17) is 17.3 Å². The van der Waals surface area contributed by atoms with Crippen molar-refractivity contribution in [1.82, 2.24) is 0 Å². The highest BCUT2D eigenvalue weighted by molar-refractivity contribution is 6.34. The van der Waals surface area contributed by atoms with E-state index in [1.54, 1.807) is 12.1 Å². The normalized spacial score (nSPS) is 14.7. The number of amides is 2. The van der Waals surface area contributed by atoms with Crippen LogP contribution in [0.25, 0.3) is 0 Å². The van der Waals surface area contributed by atoms with Gasteiger partial charge < -0.3 is 16.4 Å². The summed E-state index contributed by atoms with van der Waals surface area (Å²) in [5, 5.41) is 5.92. The van der Waals surface area contributed by atoms with E-state index in [0.29, 0.717) is 35.8 Å². The van der Waals surface area contributed by atoms with E-state index < -0.39 is 0 Å². The van der Waals surface area contributed by atoms with Gasteiger partial charge in [-0.1, -0.05) is 24.9 Å². The average Bonchev–Trinajstić information content (AvgIpc) is 2.75. The molecular weight excluding hydrogens is 278 g/mol. The van der Waals surface area contributed by atoms with Crippen molar-refractivity contribution >= 4 is 34.8 Å². The summed E-state index contributed by atoms with van der Waals surface area (Å²) in [5.41, 5.74) is 7.69. The molecule has 1 aromatic rings. The van der Waals surface area contributed by atoms with Gasteiger partial charge in [0.05, 0.1) is 17.1 Å². The molecule has 1 unspecified atom stereocenters. The molecule has 0 aromatic heterocycles. The Morgan fingerprint density at radius 2 is 2.30 bits per heavy atom. The van der Waals surface area contributed by atoms with Gasteiger partial charge in [0, 0.05) is 12.1 Å². The van der Waals surface area contributed by atoms with Gasteiger partial charge in [0.2, 0.25) is 11.8 Å². The Balaban J connectivity index is 2.09. The van der Waals surface area contributed by atoms with E-state index in [2.05, 4.69) is 10.6 Å². The van der Waals surface area contributed by atoms with E-state index in [0.717, 1.165) is 12.0 Å². The molecule has 20 heavy (non-hydrogen) atoms. The maximum absolute atomic E-state index is 11.9. The van der Waals surface area contributed by atoms with Crippen molar-refractivity contribution in [3.05, 3.63) is 22.7 Å². The highest BCUT2D eigenvalue weighted by atomic mass is 35.5. The number of rotatable bonds is 5. The number of anilines is 2. The van der Waals surface area contributed by atoms with Gasteiger partial charge in [-0.15, -0.1) is 0 Å². The van der Waals surface area contributed by atoms with Gasteiger partial charge in [0.1, 0.15) is 0 Å². The summed E-state index contributed by atoms with van der Waals surface area (Å²) < 4.78 is 0. The molecule has 1 aliphatic rings. The van der Waals surface area contributed by atoms with Crippen LogP contribution in [0.4, 0.5) is 11.4 Å². The quantitative estimate of drug-likeness (QED) is 0.778. The monoisotopic (exact) mass is 295 g/mol. The molecule has 0 bridgehead atoms. The molecule has 0 saturated carbocycles. The molecule has 2 rings (SSSR count). The lowest BCUT2D eigenvalue weighted by atomic mass is 10.0. The molecule has 0 spiro atoms. The zero-order valence-corrected chi connectivity index (χ0v) is 12.1. The minimum Gasteiger partial charge on any atom is -0.330 e. The van der Waals surface area contributed by atoms with Gasteiger partial charge >= 0.3 is 0 Å². The maximum atomic E-state index is 11.9. The summed E-state index contributed by atoms with van der Waals surface area (Å²) in [4.78, 5) is 23.3. The Bertz CT molecular complexity index is 541. The first kappa shape index (κ1) is 14.8. The Labute approximate surface area is 122 Å². The van der Waals surface area contributed by atoms with Crippen molar-refractivity contribution in [3.8, 4) is 0 Å². The number of carbonyl (C=O) groups excluding carboxylic acids is 2. The molecular formula is C14H18ClN3O2. The number of halogens is 1. The van der Waals surface area contributed by atoms with Gasteiger partial charge in [-0.3, -0.25) is 9.59 Å². The second-order valence-corrected chi connectivity index (χ2v) is 5.38. The number of nitrogens with two attached hydrogens (primary N) is 1. The SMILES string of the molecule is CCC(CN)CC(=O)Nc1cc2c(cc1Cl)NC(=O)C2. The van der Waals surface area contributed by atoms with Crippen LogP contribution in [0.3, 0.4) is 0 Å². The fraction of sp³-hybridized carbons (Fsp3) is 0.429. The van der Waals surface area contributed by atoms with Gasteiger partial charge in [-0.05, 0) is 30.2 Å². The summed E-state index contributed by atoms with van der Waals surface area (Å²) in [6.45, 7) is 2.49. The summed E-state index contributed by atoms with van der Waals surface area (Å²) in [5.74, 6) is 0.00148. The van der Waals surface area contributed by atoms with Crippen LogP contribution in [0.15, 0.2) is 12.1 Å². The Kier molecular flexibility index (Phi) is 4.62. The lowest BCUT2D eigenvalue weighted by Gasteiger charge is -2.13. The Morgan fingerprint density at radius 3 is 2.95 bits per heavy atom. The first-order chi connectivity index (χ1) is 9.53. The fourth-order valence-corrected chi connectivity index (χ4v) is 2.41. The minimum absolute atomic E-state index is 0.0614. The number of carbonyl (C=O) groups is 2. The van der Waals surface area contributed by atoms with Gasteiger partial charge in [-0.25, -0.2) is 0 Å². The van der Waals surface area contributed by atoms with Crippen LogP contribution < -0.4 is 16.4 Å². The Hall–Kier alpha value is -1.59. The smallest absolute Gasteiger partial charge is 0.228 e.